The summed E-state index contributed by atoms with van der Waals surface area (Å²) in [6.07, 6.45) is 0.878. The Hall–Kier alpha value is -0.900. The van der Waals surface area contributed by atoms with Gasteiger partial charge < -0.3 is 5.73 Å². The molecule has 0 radical (unpaired) electrons. The molecule has 2 aromatic rings. The summed E-state index contributed by atoms with van der Waals surface area (Å²) < 4.78 is 0. The van der Waals surface area contributed by atoms with E-state index in [1.807, 2.05) is 19.9 Å². The van der Waals surface area contributed by atoms with Crippen LogP contribution in [0.3, 0.4) is 0 Å². The average molecular weight is 267 g/mol. The number of halogens is 1. The molecule has 0 fully saturated rings. The summed E-state index contributed by atoms with van der Waals surface area (Å²) in [5.41, 5.74) is 9.00. The fourth-order valence-corrected chi connectivity index (χ4v) is 2.86. The lowest BCUT2D eigenvalue weighted by atomic mass is 10.1. The summed E-state index contributed by atoms with van der Waals surface area (Å²) >= 11 is 7.81. The minimum Gasteiger partial charge on any atom is -0.325 e. The standard InChI is InChI=1S/C13H15ClN2S/c1-8-3-4-10(5-11(8)14)6-12-9(2)16-13(7-15)17-12/h3-5H,6-7,15H2,1-2H3. The highest BCUT2D eigenvalue weighted by molar-refractivity contribution is 7.11. The molecule has 0 aliphatic carbocycles. The van der Waals surface area contributed by atoms with Crippen molar-refractivity contribution in [1.82, 2.24) is 4.98 Å². The molecule has 1 aromatic heterocycles. The van der Waals surface area contributed by atoms with Gasteiger partial charge in [-0.1, -0.05) is 23.7 Å². The molecule has 0 unspecified atom stereocenters. The smallest absolute Gasteiger partial charge is 0.107 e. The highest BCUT2D eigenvalue weighted by Crippen LogP contribution is 2.24. The third-order valence-electron chi connectivity index (χ3n) is 2.71. The monoisotopic (exact) mass is 266 g/mol. The van der Waals surface area contributed by atoms with E-state index >= 15 is 0 Å². The molecule has 17 heavy (non-hydrogen) atoms. The Morgan fingerprint density at radius 3 is 2.71 bits per heavy atom. The number of nitrogens with zero attached hydrogens (tertiary/aromatic N) is 1. The molecule has 0 aliphatic rings. The number of benzene rings is 1. The van der Waals surface area contributed by atoms with E-state index in [2.05, 4.69) is 17.1 Å². The Morgan fingerprint density at radius 2 is 2.12 bits per heavy atom. The fourth-order valence-electron chi connectivity index (χ4n) is 1.67. The van der Waals surface area contributed by atoms with E-state index in [4.69, 9.17) is 17.3 Å². The summed E-state index contributed by atoms with van der Waals surface area (Å²) in [5.74, 6) is 0. The van der Waals surface area contributed by atoms with Gasteiger partial charge in [-0.3, -0.25) is 0 Å². The van der Waals surface area contributed by atoms with Gasteiger partial charge in [0.2, 0.25) is 0 Å². The predicted molar refractivity (Wildman–Crippen MR) is 73.7 cm³/mol. The average Bonchev–Trinajstić information content (AvgIpc) is 2.65. The highest BCUT2D eigenvalue weighted by Gasteiger charge is 2.08. The maximum absolute atomic E-state index is 6.12. The Labute approximate surface area is 110 Å². The molecule has 0 bridgehead atoms. The van der Waals surface area contributed by atoms with Crippen molar-refractivity contribution < 1.29 is 0 Å². The first-order valence-corrected chi connectivity index (χ1v) is 6.70. The molecule has 90 valence electrons. The molecule has 0 amide bonds. The van der Waals surface area contributed by atoms with Crippen molar-refractivity contribution in [2.45, 2.75) is 26.8 Å². The number of thiazole rings is 1. The van der Waals surface area contributed by atoms with Gasteiger partial charge in [-0.25, -0.2) is 4.98 Å². The Bertz CT molecular complexity index is 534. The molecule has 0 aliphatic heterocycles. The Kier molecular flexibility index (Phi) is 3.82. The van der Waals surface area contributed by atoms with Gasteiger partial charge in [0.25, 0.3) is 0 Å². The molecule has 1 heterocycles. The van der Waals surface area contributed by atoms with Crippen molar-refractivity contribution in [1.29, 1.82) is 0 Å². The van der Waals surface area contributed by atoms with E-state index in [0.717, 1.165) is 27.7 Å². The molecule has 2 N–H and O–H groups in total. The van der Waals surface area contributed by atoms with Crippen LogP contribution in [0.1, 0.15) is 26.7 Å². The summed E-state index contributed by atoms with van der Waals surface area (Å²) in [4.78, 5) is 5.69. The van der Waals surface area contributed by atoms with Gasteiger partial charge in [-0.15, -0.1) is 11.3 Å². The quantitative estimate of drug-likeness (QED) is 0.924. The van der Waals surface area contributed by atoms with Crippen LogP contribution in [-0.2, 0) is 13.0 Å². The first kappa shape index (κ1) is 12.6. The number of nitrogens with two attached hydrogens (primary N) is 1. The predicted octanol–water partition coefficient (Wildman–Crippen LogP) is 3.46. The number of aryl methyl sites for hydroxylation is 2. The van der Waals surface area contributed by atoms with Crippen molar-refractivity contribution in [3.63, 3.8) is 0 Å². The number of hydrogen-bond acceptors (Lipinski definition) is 3. The zero-order valence-corrected chi connectivity index (χ0v) is 11.5. The van der Waals surface area contributed by atoms with E-state index in [1.165, 1.54) is 10.4 Å². The minimum atomic E-state index is 0.514. The summed E-state index contributed by atoms with van der Waals surface area (Å²) in [6, 6.07) is 6.19. The van der Waals surface area contributed by atoms with Crippen LogP contribution in [0.2, 0.25) is 5.02 Å². The summed E-state index contributed by atoms with van der Waals surface area (Å²) in [6.45, 7) is 4.55. The first-order chi connectivity index (χ1) is 8.10. The SMILES string of the molecule is Cc1ccc(Cc2sc(CN)nc2C)cc1Cl. The van der Waals surface area contributed by atoms with E-state index < -0.39 is 0 Å². The van der Waals surface area contributed by atoms with Gasteiger partial charge in [-0.2, -0.15) is 0 Å². The van der Waals surface area contributed by atoms with Crippen molar-refractivity contribution in [3.8, 4) is 0 Å². The van der Waals surface area contributed by atoms with Crippen LogP contribution in [0, 0.1) is 13.8 Å². The first-order valence-electron chi connectivity index (χ1n) is 5.50. The molecular formula is C13H15ClN2S. The molecule has 2 rings (SSSR count). The maximum Gasteiger partial charge on any atom is 0.107 e. The van der Waals surface area contributed by atoms with Gasteiger partial charge in [0.05, 0.1) is 5.69 Å². The van der Waals surface area contributed by atoms with Crippen LogP contribution in [0.4, 0.5) is 0 Å². The largest absolute Gasteiger partial charge is 0.325 e. The van der Waals surface area contributed by atoms with Gasteiger partial charge in [0.15, 0.2) is 0 Å². The van der Waals surface area contributed by atoms with Gasteiger partial charge in [-0.05, 0) is 31.0 Å². The second-order valence-electron chi connectivity index (χ2n) is 4.08. The molecule has 2 nitrogen and oxygen atoms in total. The van der Waals surface area contributed by atoms with Crippen LogP contribution in [-0.4, -0.2) is 4.98 Å². The van der Waals surface area contributed by atoms with Crippen LogP contribution in [0.5, 0.6) is 0 Å². The van der Waals surface area contributed by atoms with Crippen LogP contribution in [0.15, 0.2) is 18.2 Å². The summed E-state index contributed by atoms with van der Waals surface area (Å²) in [5, 5.41) is 1.82. The molecule has 1 aromatic carbocycles. The van der Waals surface area contributed by atoms with Crippen LogP contribution >= 0.6 is 22.9 Å². The fraction of sp³-hybridized carbons (Fsp3) is 0.308. The lowest BCUT2D eigenvalue weighted by Crippen LogP contribution is -1.94. The minimum absolute atomic E-state index is 0.514. The van der Waals surface area contributed by atoms with Gasteiger partial charge in [0.1, 0.15) is 5.01 Å². The van der Waals surface area contributed by atoms with Crippen molar-refractivity contribution in [2.24, 2.45) is 5.73 Å². The number of rotatable bonds is 3. The third kappa shape index (κ3) is 2.86. The molecule has 0 spiro atoms. The zero-order valence-electron chi connectivity index (χ0n) is 9.96. The lowest BCUT2D eigenvalue weighted by molar-refractivity contribution is 1.01. The Morgan fingerprint density at radius 1 is 1.35 bits per heavy atom. The van der Waals surface area contributed by atoms with Crippen LogP contribution < -0.4 is 5.73 Å². The second-order valence-corrected chi connectivity index (χ2v) is 5.66. The summed E-state index contributed by atoms with van der Waals surface area (Å²) in [7, 11) is 0. The van der Waals surface area contributed by atoms with Gasteiger partial charge in [0, 0.05) is 22.9 Å². The Balaban J connectivity index is 2.24. The number of aromatic nitrogens is 1. The molecule has 0 saturated heterocycles. The highest BCUT2D eigenvalue weighted by atomic mass is 35.5. The van der Waals surface area contributed by atoms with Crippen molar-refractivity contribution >= 4 is 22.9 Å². The van der Waals surface area contributed by atoms with E-state index in [1.54, 1.807) is 11.3 Å². The topological polar surface area (TPSA) is 38.9 Å². The van der Waals surface area contributed by atoms with E-state index in [-0.39, 0.29) is 0 Å². The molecular weight excluding hydrogens is 252 g/mol. The third-order valence-corrected chi connectivity index (χ3v) is 4.30. The lowest BCUT2D eigenvalue weighted by Gasteiger charge is -2.03. The van der Waals surface area contributed by atoms with E-state index in [9.17, 15) is 0 Å². The number of hydrogen-bond donors (Lipinski definition) is 1. The van der Waals surface area contributed by atoms with Gasteiger partial charge >= 0.3 is 0 Å². The second kappa shape index (κ2) is 5.17. The van der Waals surface area contributed by atoms with Crippen LogP contribution in [0.25, 0.3) is 0 Å². The molecule has 0 atom stereocenters. The van der Waals surface area contributed by atoms with E-state index in [0.29, 0.717) is 6.54 Å². The maximum atomic E-state index is 6.12. The zero-order chi connectivity index (χ0) is 12.4. The van der Waals surface area contributed by atoms with Crippen molar-refractivity contribution in [2.75, 3.05) is 0 Å². The molecule has 4 heteroatoms. The normalized spacial score (nSPS) is 10.8. The molecule has 0 saturated carbocycles. The van der Waals surface area contributed by atoms with Crippen molar-refractivity contribution in [3.05, 3.63) is 49.9 Å².